The molecule has 0 amide bonds. The number of ether oxygens (including phenoxy) is 1. The van der Waals surface area contributed by atoms with Gasteiger partial charge in [0.25, 0.3) is 0 Å². The van der Waals surface area contributed by atoms with Crippen molar-refractivity contribution in [1.82, 2.24) is 10.3 Å². The number of nitrogens with two attached hydrogens (primary N) is 1. The zero-order valence-electron chi connectivity index (χ0n) is 14.7. The summed E-state index contributed by atoms with van der Waals surface area (Å²) in [6.45, 7) is 0.709. The fourth-order valence-electron chi connectivity index (χ4n) is 2.71. The Balaban J connectivity index is 1.50. The van der Waals surface area contributed by atoms with Crippen molar-refractivity contribution >= 4 is 16.9 Å². The van der Waals surface area contributed by atoms with Gasteiger partial charge in [0, 0.05) is 23.6 Å². The van der Waals surface area contributed by atoms with E-state index >= 15 is 0 Å². The number of nitrogens with one attached hydrogen (secondary N) is 2. The van der Waals surface area contributed by atoms with E-state index in [0.29, 0.717) is 18.5 Å². The molecule has 0 fully saturated rings. The quantitative estimate of drug-likeness (QED) is 0.338. The number of aromatic amines is 1. The fourth-order valence-corrected chi connectivity index (χ4v) is 2.71. The molecule has 0 bridgehead atoms. The number of fused-ring (bicyclic) bond motifs is 1. The maximum atomic E-state index is 13.4. The highest BCUT2D eigenvalue weighted by Crippen LogP contribution is 2.23. The van der Waals surface area contributed by atoms with E-state index in [1.54, 1.807) is 6.07 Å². The maximum absolute atomic E-state index is 13.4. The number of benzene rings is 2. The van der Waals surface area contributed by atoms with Gasteiger partial charge in [-0.15, -0.1) is 13.2 Å². The fraction of sp³-hybridized carbons (Fsp3) is 0.211. The number of halogens is 4. The molecular weight excluding hydrogens is 376 g/mol. The summed E-state index contributed by atoms with van der Waals surface area (Å²) in [5.74, 6) is -0.378. The first-order valence-electron chi connectivity index (χ1n) is 8.44. The zero-order chi connectivity index (χ0) is 20.1. The predicted octanol–water partition coefficient (Wildman–Crippen LogP) is 3.85. The number of rotatable bonds is 6. The normalized spacial score (nSPS) is 12.4. The van der Waals surface area contributed by atoms with E-state index in [1.165, 1.54) is 36.4 Å². The third-order valence-electron chi connectivity index (χ3n) is 4.02. The number of guanidine groups is 1. The summed E-state index contributed by atoms with van der Waals surface area (Å²) < 4.78 is 53.6. The third-order valence-corrected chi connectivity index (χ3v) is 4.02. The SMILES string of the molecule is NC(=NCc1ccc(OC(F)(F)F)cc1)NCCc1c[nH]c2ccc(F)cc12. The molecule has 0 saturated carbocycles. The van der Waals surface area contributed by atoms with Gasteiger partial charge < -0.3 is 20.8 Å². The molecule has 2 aromatic carbocycles. The average molecular weight is 394 g/mol. The number of H-pyrrole nitrogens is 1. The summed E-state index contributed by atoms with van der Waals surface area (Å²) in [6.07, 6.45) is -2.28. The van der Waals surface area contributed by atoms with Gasteiger partial charge in [0.1, 0.15) is 11.6 Å². The molecule has 3 rings (SSSR count). The summed E-state index contributed by atoms with van der Waals surface area (Å²) in [4.78, 5) is 7.23. The Labute approximate surface area is 158 Å². The van der Waals surface area contributed by atoms with E-state index < -0.39 is 6.36 Å². The smallest absolute Gasteiger partial charge is 0.406 e. The van der Waals surface area contributed by atoms with E-state index in [0.717, 1.165) is 16.5 Å². The van der Waals surface area contributed by atoms with Crippen molar-refractivity contribution in [2.75, 3.05) is 6.54 Å². The number of hydrogen-bond acceptors (Lipinski definition) is 2. The molecule has 1 aromatic heterocycles. The number of aromatic nitrogens is 1. The van der Waals surface area contributed by atoms with Crippen LogP contribution in [0.2, 0.25) is 0 Å². The van der Waals surface area contributed by atoms with E-state index in [1.807, 2.05) is 6.20 Å². The summed E-state index contributed by atoms with van der Waals surface area (Å²) in [7, 11) is 0. The van der Waals surface area contributed by atoms with Crippen LogP contribution in [-0.4, -0.2) is 23.9 Å². The molecule has 0 aliphatic rings. The Morgan fingerprint density at radius 1 is 1.14 bits per heavy atom. The van der Waals surface area contributed by atoms with E-state index in [4.69, 9.17) is 5.73 Å². The average Bonchev–Trinajstić information content (AvgIpc) is 3.02. The summed E-state index contributed by atoms with van der Waals surface area (Å²) >= 11 is 0. The molecule has 0 atom stereocenters. The Morgan fingerprint density at radius 3 is 2.61 bits per heavy atom. The van der Waals surface area contributed by atoms with Crippen LogP contribution in [-0.2, 0) is 13.0 Å². The van der Waals surface area contributed by atoms with Crippen LogP contribution in [0.15, 0.2) is 53.7 Å². The third kappa shape index (κ3) is 5.38. The second-order valence-corrected chi connectivity index (χ2v) is 6.07. The summed E-state index contributed by atoms with van der Waals surface area (Å²) in [6, 6.07) is 9.97. The minimum atomic E-state index is -4.72. The van der Waals surface area contributed by atoms with Crippen molar-refractivity contribution in [2.45, 2.75) is 19.3 Å². The van der Waals surface area contributed by atoms with Crippen LogP contribution in [0.1, 0.15) is 11.1 Å². The lowest BCUT2D eigenvalue weighted by atomic mass is 10.1. The molecule has 0 aliphatic heterocycles. The largest absolute Gasteiger partial charge is 0.573 e. The lowest BCUT2D eigenvalue weighted by Gasteiger charge is -2.09. The molecule has 3 aromatic rings. The highest BCUT2D eigenvalue weighted by molar-refractivity contribution is 5.83. The van der Waals surface area contributed by atoms with Gasteiger partial charge in [-0.3, -0.25) is 0 Å². The van der Waals surface area contributed by atoms with Crippen molar-refractivity contribution in [1.29, 1.82) is 0 Å². The molecule has 0 unspecified atom stereocenters. The Hall–Kier alpha value is -3.23. The number of hydrogen-bond donors (Lipinski definition) is 3. The molecule has 9 heteroatoms. The van der Waals surface area contributed by atoms with Gasteiger partial charge in [-0.1, -0.05) is 12.1 Å². The lowest BCUT2D eigenvalue weighted by Crippen LogP contribution is -2.33. The van der Waals surface area contributed by atoms with E-state index in [9.17, 15) is 17.6 Å². The van der Waals surface area contributed by atoms with Gasteiger partial charge in [0.15, 0.2) is 5.96 Å². The molecule has 148 valence electrons. The van der Waals surface area contributed by atoms with E-state index in [-0.39, 0.29) is 24.1 Å². The monoisotopic (exact) mass is 394 g/mol. The topological polar surface area (TPSA) is 75.4 Å². The molecule has 28 heavy (non-hydrogen) atoms. The van der Waals surface area contributed by atoms with E-state index in [2.05, 4.69) is 20.0 Å². The summed E-state index contributed by atoms with van der Waals surface area (Å²) in [5, 5.41) is 3.78. The van der Waals surface area contributed by atoms with Crippen LogP contribution < -0.4 is 15.8 Å². The van der Waals surface area contributed by atoms with Gasteiger partial charge in [-0.05, 0) is 47.9 Å². The Morgan fingerprint density at radius 2 is 1.89 bits per heavy atom. The zero-order valence-corrected chi connectivity index (χ0v) is 14.7. The number of aliphatic imine (C=N–C) groups is 1. The highest BCUT2D eigenvalue weighted by atomic mass is 19.4. The molecule has 1 heterocycles. The van der Waals surface area contributed by atoms with Crippen LogP contribution in [0.25, 0.3) is 10.9 Å². The Kier molecular flexibility index (Phi) is 5.72. The van der Waals surface area contributed by atoms with Gasteiger partial charge >= 0.3 is 6.36 Å². The van der Waals surface area contributed by atoms with Crippen molar-refractivity contribution in [3.63, 3.8) is 0 Å². The van der Waals surface area contributed by atoms with Crippen LogP contribution in [0.4, 0.5) is 17.6 Å². The Bertz CT molecular complexity index is 964. The lowest BCUT2D eigenvalue weighted by molar-refractivity contribution is -0.274. The molecule has 4 N–H and O–H groups in total. The van der Waals surface area contributed by atoms with Crippen LogP contribution in [0.5, 0.6) is 5.75 Å². The molecule has 0 radical (unpaired) electrons. The van der Waals surface area contributed by atoms with Crippen molar-refractivity contribution in [2.24, 2.45) is 10.7 Å². The standard InChI is InChI=1S/C19H18F4N4O/c20-14-3-6-17-16(9-14)13(11-26-17)7-8-25-18(24)27-10-12-1-4-15(5-2-12)28-19(21,22)23/h1-6,9,11,26H,7-8,10H2,(H3,24,25,27). The number of alkyl halides is 3. The first-order valence-corrected chi connectivity index (χ1v) is 8.44. The minimum Gasteiger partial charge on any atom is -0.406 e. The van der Waals surface area contributed by atoms with Gasteiger partial charge in [0.2, 0.25) is 0 Å². The molecule has 0 aliphatic carbocycles. The first kappa shape index (κ1) is 19.5. The molecule has 0 saturated heterocycles. The highest BCUT2D eigenvalue weighted by Gasteiger charge is 2.30. The van der Waals surface area contributed by atoms with Crippen LogP contribution in [0, 0.1) is 5.82 Å². The molecular formula is C19H18F4N4O. The predicted molar refractivity (Wildman–Crippen MR) is 98.4 cm³/mol. The van der Waals surface area contributed by atoms with Crippen LogP contribution in [0.3, 0.4) is 0 Å². The van der Waals surface area contributed by atoms with Gasteiger partial charge in [0.05, 0.1) is 6.54 Å². The maximum Gasteiger partial charge on any atom is 0.573 e. The second kappa shape index (κ2) is 8.20. The second-order valence-electron chi connectivity index (χ2n) is 6.07. The molecule has 5 nitrogen and oxygen atoms in total. The molecule has 0 spiro atoms. The van der Waals surface area contributed by atoms with Crippen molar-refractivity contribution < 1.29 is 22.3 Å². The summed E-state index contributed by atoms with van der Waals surface area (Å²) in [5.41, 5.74) is 8.31. The van der Waals surface area contributed by atoms with Crippen LogP contribution >= 0.6 is 0 Å². The van der Waals surface area contributed by atoms with Gasteiger partial charge in [-0.2, -0.15) is 0 Å². The first-order chi connectivity index (χ1) is 13.3. The minimum absolute atomic E-state index is 0.210. The van der Waals surface area contributed by atoms with Gasteiger partial charge in [-0.25, -0.2) is 9.38 Å². The van der Waals surface area contributed by atoms with Crippen molar-refractivity contribution in [3.05, 3.63) is 65.6 Å². The van der Waals surface area contributed by atoms with Crippen molar-refractivity contribution in [3.8, 4) is 5.75 Å². The number of nitrogens with zero attached hydrogens (tertiary/aromatic N) is 1.